The minimum atomic E-state index is 0.632. The quantitative estimate of drug-likeness (QED) is 0.678. The molecular formula is C13H13N3OS. The van der Waals surface area contributed by atoms with Crippen LogP contribution >= 0.6 is 11.8 Å². The number of nitrogens with two attached hydrogens (primary N) is 1. The number of ether oxygens (including phenoxy) is 1. The van der Waals surface area contributed by atoms with E-state index in [0.717, 1.165) is 16.3 Å². The van der Waals surface area contributed by atoms with Crippen molar-refractivity contribution in [1.82, 2.24) is 0 Å². The molecule has 0 fully saturated rings. The van der Waals surface area contributed by atoms with Gasteiger partial charge in [0.25, 0.3) is 0 Å². The van der Waals surface area contributed by atoms with E-state index in [0.29, 0.717) is 23.6 Å². The van der Waals surface area contributed by atoms with Gasteiger partial charge >= 0.3 is 0 Å². The van der Waals surface area contributed by atoms with E-state index in [4.69, 9.17) is 15.9 Å². The summed E-state index contributed by atoms with van der Waals surface area (Å²) in [5.41, 5.74) is 9.25. The number of allylic oxidation sites excluding steroid dienone is 3. The van der Waals surface area contributed by atoms with Crippen molar-refractivity contribution in [3.8, 4) is 5.75 Å². The Morgan fingerprint density at radius 1 is 1.39 bits per heavy atom. The Labute approximate surface area is 109 Å². The number of methoxy groups -OCH3 is 1. The monoisotopic (exact) mass is 259 g/mol. The molecule has 2 aliphatic rings. The first-order chi connectivity index (χ1) is 8.67. The number of benzene rings is 1. The zero-order valence-electron chi connectivity index (χ0n) is 9.91. The van der Waals surface area contributed by atoms with Gasteiger partial charge in [-0.25, -0.2) is 0 Å². The molecule has 3 rings (SSSR count). The molecule has 1 aromatic carbocycles. The Hall–Kier alpha value is -1.88. The van der Waals surface area contributed by atoms with E-state index in [-0.39, 0.29) is 0 Å². The summed E-state index contributed by atoms with van der Waals surface area (Å²) in [6.07, 6.45) is 4.45. The van der Waals surface area contributed by atoms with Crippen LogP contribution in [0.1, 0.15) is 6.42 Å². The maximum atomic E-state index is 7.69. The normalized spacial score (nSPS) is 17.1. The van der Waals surface area contributed by atoms with Gasteiger partial charge in [-0.2, -0.15) is 0 Å². The number of anilines is 2. The van der Waals surface area contributed by atoms with Crippen LogP contribution in [0.2, 0.25) is 0 Å². The van der Waals surface area contributed by atoms with Crippen LogP contribution in [-0.4, -0.2) is 12.8 Å². The minimum Gasteiger partial charge on any atom is -0.495 e. The number of nitrogen functional groups attached to an aromatic ring is 1. The van der Waals surface area contributed by atoms with Gasteiger partial charge in [-0.3, -0.25) is 0 Å². The standard InChI is InChI=1S/C13H13N3OS/c1-17-11-6-10-13(5-8(11)15)18-12-4-7(14)2-3-9(12)16-10/h2-3,5-6,14,16H,4,15H2,1H3. The van der Waals surface area contributed by atoms with E-state index in [9.17, 15) is 0 Å². The van der Waals surface area contributed by atoms with Crippen molar-refractivity contribution in [2.45, 2.75) is 11.3 Å². The molecule has 1 heterocycles. The summed E-state index contributed by atoms with van der Waals surface area (Å²) in [5.74, 6) is 0.679. The molecule has 1 aliphatic carbocycles. The van der Waals surface area contributed by atoms with E-state index in [2.05, 4.69) is 5.32 Å². The van der Waals surface area contributed by atoms with Crippen molar-refractivity contribution in [1.29, 1.82) is 5.41 Å². The maximum absolute atomic E-state index is 7.69. The number of nitrogens with one attached hydrogen (secondary N) is 2. The number of hydrogen-bond donors (Lipinski definition) is 3. The molecular weight excluding hydrogens is 246 g/mol. The maximum Gasteiger partial charge on any atom is 0.143 e. The van der Waals surface area contributed by atoms with Gasteiger partial charge in [0.1, 0.15) is 5.75 Å². The summed E-state index contributed by atoms with van der Waals surface area (Å²) in [5, 5.41) is 11.1. The summed E-state index contributed by atoms with van der Waals surface area (Å²) in [6, 6.07) is 3.83. The third kappa shape index (κ3) is 1.76. The second-order valence-corrected chi connectivity index (χ2v) is 5.33. The van der Waals surface area contributed by atoms with Crippen LogP contribution in [0.4, 0.5) is 11.4 Å². The number of fused-ring (bicyclic) bond motifs is 1. The van der Waals surface area contributed by atoms with Crippen LogP contribution in [-0.2, 0) is 0 Å². The third-order valence-corrected chi connectivity index (χ3v) is 4.11. The fourth-order valence-electron chi connectivity index (χ4n) is 2.02. The van der Waals surface area contributed by atoms with E-state index in [1.807, 2.05) is 24.3 Å². The molecule has 0 unspecified atom stereocenters. The highest BCUT2D eigenvalue weighted by atomic mass is 32.2. The Bertz CT molecular complexity index is 604. The van der Waals surface area contributed by atoms with Crippen LogP contribution in [0.15, 0.2) is 39.8 Å². The van der Waals surface area contributed by atoms with Crippen molar-refractivity contribution >= 4 is 28.8 Å². The molecule has 0 atom stereocenters. The number of thioether (sulfide) groups is 1. The highest BCUT2D eigenvalue weighted by Crippen LogP contribution is 2.45. The van der Waals surface area contributed by atoms with Crippen LogP contribution in [0.3, 0.4) is 0 Å². The SMILES string of the molecule is COc1cc2c(cc1N)SC1=C(C=CC(=N)C1)N2. The van der Waals surface area contributed by atoms with E-state index in [1.54, 1.807) is 18.9 Å². The smallest absolute Gasteiger partial charge is 0.143 e. The van der Waals surface area contributed by atoms with Gasteiger partial charge in [-0.15, -0.1) is 0 Å². The second-order valence-electron chi connectivity index (χ2n) is 4.19. The van der Waals surface area contributed by atoms with Crippen LogP contribution in [0, 0.1) is 5.41 Å². The van der Waals surface area contributed by atoms with E-state index in [1.165, 1.54) is 4.91 Å². The number of rotatable bonds is 1. The van der Waals surface area contributed by atoms with Crippen LogP contribution in [0.25, 0.3) is 0 Å². The van der Waals surface area contributed by atoms with Crippen LogP contribution in [0.5, 0.6) is 5.75 Å². The summed E-state index contributed by atoms with van der Waals surface area (Å²) < 4.78 is 5.22. The molecule has 18 heavy (non-hydrogen) atoms. The molecule has 0 aromatic heterocycles. The summed E-state index contributed by atoms with van der Waals surface area (Å²) >= 11 is 1.67. The van der Waals surface area contributed by atoms with Crippen LogP contribution < -0.4 is 15.8 Å². The van der Waals surface area contributed by atoms with Gasteiger partial charge in [-0.1, -0.05) is 11.8 Å². The first kappa shape index (κ1) is 11.2. The van der Waals surface area contributed by atoms with Gasteiger partial charge in [0, 0.05) is 33.7 Å². The first-order valence-corrected chi connectivity index (χ1v) is 6.40. The third-order valence-electron chi connectivity index (χ3n) is 2.94. The zero-order chi connectivity index (χ0) is 12.7. The largest absolute Gasteiger partial charge is 0.495 e. The highest BCUT2D eigenvalue weighted by molar-refractivity contribution is 8.03. The van der Waals surface area contributed by atoms with Gasteiger partial charge < -0.3 is 21.2 Å². The lowest BCUT2D eigenvalue weighted by Gasteiger charge is -2.25. The summed E-state index contributed by atoms with van der Waals surface area (Å²) in [7, 11) is 1.61. The van der Waals surface area contributed by atoms with Crippen molar-refractivity contribution in [3.63, 3.8) is 0 Å². The van der Waals surface area contributed by atoms with Gasteiger partial charge in [-0.05, 0) is 18.2 Å². The lowest BCUT2D eigenvalue weighted by Crippen LogP contribution is -2.12. The molecule has 0 radical (unpaired) electrons. The Kier molecular flexibility index (Phi) is 2.56. The Balaban J connectivity index is 2.01. The fraction of sp³-hybridized carbons (Fsp3) is 0.154. The van der Waals surface area contributed by atoms with Crippen molar-refractivity contribution in [2.75, 3.05) is 18.2 Å². The average Bonchev–Trinajstić information content (AvgIpc) is 2.35. The molecule has 5 heteroatoms. The molecule has 92 valence electrons. The van der Waals surface area contributed by atoms with E-state index < -0.39 is 0 Å². The molecule has 0 spiro atoms. The molecule has 4 nitrogen and oxygen atoms in total. The lowest BCUT2D eigenvalue weighted by atomic mass is 10.1. The van der Waals surface area contributed by atoms with Crippen molar-refractivity contribution in [2.24, 2.45) is 0 Å². The van der Waals surface area contributed by atoms with Gasteiger partial charge in [0.05, 0.1) is 18.5 Å². The predicted octanol–water partition coefficient (Wildman–Crippen LogP) is 2.99. The van der Waals surface area contributed by atoms with Gasteiger partial charge in [0.15, 0.2) is 0 Å². The molecule has 0 amide bonds. The number of hydrogen-bond acceptors (Lipinski definition) is 5. The van der Waals surface area contributed by atoms with Crippen molar-refractivity contribution in [3.05, 3.63) is 34.9 Å². The highest BCUT2D eigenvalue weighted by Gasteiger charge is 2.21. The minimum absolute atomic E-state index is 0.632. The zero-order valence-corrected chi connectivity index (χ0v) is 10.7. The molecule has 1 aliphatic heterocycles. The molecule has 0 saturated heterocycles. The molecule has 4 N–H and O–H groups in total. The Morgan fingerprint density at radius 3 is 3.00 bits per heavy atom. The molecule has 0 bridgehead atoms. The summed E-state index contributed by atoms with van der Waals surface area (Å²) in [4.78, 5) is 2.25. The second kappa shape index (κ2) is 4.10. The molecule has 1 aromatic rings. The predicted molar refractivity (Wildman–Crippen MR) is 75.4 cm³/mol. The summed E-state index contributed by atoms with van der Waals surface area (Å²) in [6.45, 7) is 0. The average molecular weight is 259 g/mol. The molecule has 0 saturated carbocycles. The topological polar surface area (TPSA) is 71.1 Å². The van der Waals surface area contributed by atoms with E-state index >= 15 is 0 Å². The first-order valence-electron chi connectivity index (χ1n) is 5.58. The lowest BCUT2D eigenvalue weighted by molar-refractivity contribution is 0.417. The fourth-order valence-corrected chi connectivity index (χ4v) is 3.15. The van der Waals surface area contributed by atoms with Crippen molar-refractivity contribution < 1.29 is 4.74 Å². The Morgan fingerprint density at radius 2 is 2.22 bits per heavy atom. The van der Waals surface area contributed by atoms with Gasteiger partial charge in [0.2, 0.25) is 0 Å².